The van der Waals surface area contributed by atoms with Gasteiger partial charge in [-0.25, -0.2) is 0 Å². The summed E-state index contributed by atoms with van der Waals surface area (Å²) in [5, 5.41) is 3.72. The van der Waals surface area contributed by atoms with Crippen LogP contribution in [0, 0.1) is 0 Å². The van der Waals surface area contributed by atoms with Crippen molar-refractivity contribution in [3.8, 4) is 11.1 Å². The zero-order valence-electron chi connectivity index (χ0n) is 12.9. The lowest BCUT2D eigenvalue weighted by Crippen LogP contribution is -2.24. The van der Waals surface area contributed by atoms with Crippen LogP contribution in [0.1, 0.15) is 5.69 Å². The van der Waals surface area contributed by atoms with Crippen LogP contribution in [0.15, 0.2) is 65.7 Å². The highest BCUT2D eigenvalue weighted by Gasteiger charge is 2.38. The molecule has 0 aliphatic heterocycles. The molecule has 2 aromatic carbocycles. The van der Waals surface area contributed by atoms with E-state index in [1.165, 1.54) is 48.5 Å². The molecule has 1 aromatic heterocycles. The molecular weight excluding hydrogens is 391 g/mol. The number of hydrogen-bond donors (Lipinski definition) is 1. The van der Waals surface area contributed by atoms with E-state index in [1.54, 1.807) is 6.07 Å². The van der Waals surface area contributed by atoms with Crippen LogP contribution in [-0.4, -0.2) is 18.3 Å². The Kier molecular flexibility index (Phi) is 4.68. The zero-order chi connectivity index (χ0) is 18.9. The SMILES string of the molecule is O=S(=O)(Nn1cc(-c2ccc(Cl)cc2)c(C(F)(F)F)n1)c1ccccc1. The van der Waals surface area contributed by atoms with Crippen molar-refractivity contribution in [1.29, 1.82) is 0 Å². The minimum atomic E-state index is -4.77. The van der Waals surface area contributed by atoms with Gasteiger partial charge in [-0.3, -0.25) is 0 Å². The van der Waals surface area contributed by atoms with Gasteiger partial charge in [0.2, 0.25) is 0 Å². The number of alkyl halides is 3. The van der Waals surface area contributed by atoms with E-state index in [1.807, 2.05) is 4.83 Å². The van der Waals surface area contributed by atoms with Crippen molar-refractivity contribution in [2.24, 2.45) is 0 Å². The molecule has 0 saturated heterocycles. The van der Waals surface area contributed by atoms with Gasteiger partial charge in [0.05, 0.1) is 11.1 Å². The smallest absolute Gasteiger partial charge is 0.200 e. The maximum atomic E-state index is 13.3. The van der Waals surface area contributed by atoms with E-state index < -0.39 is 21.9 Å². The molecule has 136 valence electrons. The molecule has 0 bridgehead atoms. The van der Waals surface area contributed by atoms with E-state index in [0.717, 1.165) is 6.20 Å². The summed E-state index contributed by atoms with van der Waals surface area (Å²) < 4.78 is 64.5. The van der Waals surface area contributed by atoms with Crippen molar-refractivity contribution in [1.82, 2.24) is 9.89 Å². The summed E-state index contributed by atoms with van der Waals surface area (Å²) in [5.41, 5.74) is -1.28. The van der Waals surface area contributed by atoms with E-state index in [4.69, 9.17) is 11.6 Å². The molecule has 10 heteroatoms. The van der Waals surface area contributed by atoms with Crippen LogP contribution < -0.4 is 4.83 Å². The van der Waals surface area contributed by atoms with Gasteiger partial charge < -0.3 is 0 Å². The quantitative estimate of drug-likeness (QED) is 0.714. The predicted octanol–water partition coefficient (Wildman–Crippen LogP) is 4.15. The maximum absolute atomic E-state index is 13.3. The fraction of sp³-hybridized carbons (Fsp3) is 0.0625. The number of nitrogens with one attached hydrogen (secondary N) is 1. The molecule has 0 spiro atoms. The molecule has 3 rings (SSSR count). The molecule has 0 aliphatic rings. The second-order valence-electron chi connectivity index (χ2n) is 5.25. The number of nitrogens with zero attached hydrogens (tertiary/aromatic N) is 2. The minimum Gasteiger partial charge on any atom is -0.200 e. The highest BCUT2D eigenvalue weighted by molar-refractivity contribution is 7.92. The van der Waals surface area contributed by atoms with Crippen LogP contribution in [0.2, 0.25) is 5.02 Å². The van der Waals surface area contributed by atoms with Gasteiger partial charge in [-0.1, -0.05) is 41.9 Å². The van der Waals surface area contributed by atoms with Crippen LogP contribution >= 0.6 is 11.6 Å². The number of sulfonamides is 1. The number of halogens is 4. The van der Waals surface area contributed by atoms with Gasteiger partial charge in [0.15, 0.2) is 5.69 Å². The van der Waals surface area contributed by atoms with E-state index in [9.17, 15) is 21.6 Å². The van der Waals surface area contributed by atoms with Gasteiger partial charge in [-0.05, 0) is 29.8 Å². The number of hydrogen-bond acceptors (Lipinski definition) is 3. The molecule has 0 saturated carbocycles. The molecule has 1 N–H and O–H groups in total. The second kappa shape index (κ2) is 6.65. The second-order valence-corrected chi connectivity index (χ2v) is 7.35. The third kappa shape index (κ3) is 3.83. The first-order valence-electron chi connectivity index (χ1n) is 7.17. The molecule has 3 aromatic rings. The molecule has 0 unspecified atom stereocenters. The number of aromatic nitrogens is 2. The minimum absolute atomic E-state index is 0.0999. The first-order valence-corrected chi connectivity index (χ1v) is 9.03. The van der Waals surface area contributed by atoms with Gasteiger partial charge in [0.25, 0.3) is 10.0 Å². The van der Waals surface area contributed by atoms with Crippen molar-refractivity contribution >= 4 is 21.6 Å². The van der Waals surface area contributed by atoms with E-state index in [2.05, 4.69) is 5.10 Å². The molecule has 1 heterocycles. The van der Waals surface area contributed by atoms with Gasteiger partial charge in [-0.2, -0.15) is 31.2 Å². The Morgan fingerprint density at radius 3 is 2.19 bits per heavy atom. The van der Waals surface area contributed by atoms with Crippen LogP contribution in [0.4, 0.5) is 13.2 Å². The first-order chi connectivity index (χ1) is 12.2. The van der Waals surface area contributed by atoms with Crippen LogP contribution in [0.25, 0.3) is 11.1 Å². The van der Waals surface area contributed by atoms with Crippen molar-refractivity contribution in [3.05, 3.63) is 71.5 Å². The monoisotopic (exact) mass is 401 g/mol. The molecule has 26 heavy (non-hydrogen) atoms. The largest absolute Gasteiger partial charge is 0.435 e. The molecule has 0 radical (unpaired) electrons. The van der Waals surface area contributed by atoms with Gasteiger partial charge >= 0.3 is 6.18 Å². The molecule has 0 amide bonds. The summed E-state index contributed by atoms with van der Waals surface area (Å²) in [4.78, 5) is 2.44. The van der Waals surface area contributed by atoms with Gasteiger partial charge in [-0.15, -0.1) is 5.10 Å². The summed E-state index contributed by atoms with van der Waals surface area (Å²) in [6.07, 6.45) is -3.80. The third-order valence-corrected chi connectivity index (χ3v) is 4.98. The summed E-state index contributed by atoms with van der Waals surface area (Å²) in [6, 6.07) is 12.9. The Labute approximate surface area is 152 Å². The Bertz CT molecular complexity index is 1020. The predicted molar refractivity (Wildman–Crippen MR) is 90.7 cm³/mol. The van der Waals surface area contributed by atoms with Crippen molar-refractivity contribution < 1.29 is 21.6 Å². The van der Waals surface area contributed by atoms with Crippen molar-refractivity contribution in [2.45, 2.75) is 11.1 Å². The number of benzene rings is 2. The Morgan fingerprint density at radius 1 is 1.00 bits per heavy atom. The summed E-state index contributed by atoms with van der Waals surface area (Å²) >= 11 is 5.75. The standard InChI is InChI=1S/C16H11ClF3N3O2S/c17-12-8-6-11(7-9-12)14-10-23(21-15(14)16(18,19)20)22-26(24,25)13-4-2-1-3-5-13/h1-10,22H. The summed E-state index contributed by atoms with van der Waals surface area (Å²) in [6.45, 7) is 0. The first kappa shape index (κ1) is 18.3. The lowest BCUT2D eigenvalue weighted by Gasteiger charge is -2.07. The molecule has 5 nitrogen and oxygen atoms in total. The highest BCUT2D eigenvalue weighted by atomic mass is 35.5. The maximum Gasteiger partial charge on any atom is 0.435 e. The molecule has 0 atom stereocenters. The molecule has 0 fully saturated rings. The lowest BCUT2D eigenvalue weighted by atomic mass is 10.1. The van der Waals surface area contributed by atoms with Gasteiger partial charge in [0.1, 0.15) is 0 Å². The van der Waals surface area contributed by atoms with Crippen LogP contribution in [0.3, 0.4) is 0 Å². The lowest BCUT2D eigenvalue weighted by molar-refractivity contribution is -0.140. The normalized spacial score (nSPS) is 12.2. The van der Waals surface area contributed by atoms with E-state index in [-0.39, 0.29) is 16.0 Å². The zero-order valence-corrected chi connectivity index (χ0v) is 14.5. The Balaban J connectivity index is 2.03. The van der Waals surface area contributed by atoms with Crippen molar-refractivity contribution in [3.63, 3.8) is 0 Å². The fourth-order valence-electron chi connectivity index (χ4n) is 2.25. The fourth-order valence-corrected chi connectivity index (χ4v) is 3.33. The molecular formula is C16H11ClF3N3O2S. The van der Waals surface area contributed by atoms with Crippen molar-refractivity contribution in [2.75, 3.05) is 4.83 Å². The third-order valence-electron chi connectivity index (χ3n) is 3.41. The van der Waals surface area contributed by atoms with Gasteiger partial charge in [0, 0.05) is 10.6 Å². The number of rotatable bonds is 4. The summed E-state index contributed by atoms with van der Waals surface area (Å²) in [7, 11) is -4.09. The van der Waals surface area contributed by atoms with E-state index >= 15 is 0 Å². The van der Waals surface area contributed by atoms with Crippen LogP contribution in [0.5, 0.6) is 0 Å². The average Bonchev–Trinajstić information content (AvgIpc) is 3.00. The highest BCUT2D eigenvalue weighted by Crippen LogP contribution is 2.36. The summed E-state index contributed by atoms with van der Waals surface area (Å²) in [5.74, 6) is 0. The Morgan fingerprint density at radius 2 is 1.62 bits per heavy atom. The Hall–Kier alpha value is -2.52. The average molecular weight is 402 g/mol. The topological polar surface area (TPSA) is 64.0 Å². The van der Waals surface area contributed by atoms with Crippen LogP contribution in [-0.2, 0) is 16.2 Å². The molecule has 0 aliphatic carbocycles. The van der Waals surface area contributed by atoms with E-state index in [0.29, 0.717) is 9.81 Å².